The van der Waals surface area contributed by atoms with E-state index in [1.54, 1.807) is 0 Å². The van der Waals surface area contributed by atoms with Gasteiger partial charge in [0.25, 0.3) is 0 Å². The minimum Gasteiger partial charge on any atom is -0.369 e. The highest BCUT2D eigenvalue weighted by Gasteiger charge is 2.10. The van der Waals surface area contributed by atoms with Gasteiger partial charge < -0.3 is 10.6 Å². The van der Waals surface area contributed by atoms with E-state index in [-0.39, 0.29) is 6.04 Å². The van der Waals surface area contributed by atoms with Gasteiger partial charge in [0.2, 0.25) is 0 Å². The first-order valence-corrected chi connectivity index (χ1v) is 8.07. The number of hydrogen-bond acceptors (Lipinski definition) is 2. The number of benzene rings is 2. The monoisotopic (exact) mass is 396 g/mol. The number of nitrogens with two attached hydrogens (primary N) is 1. The second-order valence-corrected chi connectivity index (χ2v) is 6.66. The maximum Gasteiger partial charge on any atom is 0.0511 e. The predicted molar refractivity (Wildman–Crippen MR) is 93.0 cm³/mol. The van der Waals surface area contributed by atoms with Crippen molar-refractivity contribution < 1.29 is 0 Å². The van der Waals surface area contributed by atoms with Crippen LogP contribution in [0.25, 0.3) is 0 Å². The van der Waals surface area contributed by atoms with E-state index in [0.29, 0.717) is 0 Å². The molecule has 106 valence electrons. The van der Waals surface area contributed by atoms with Gasteiger partial charge in [-0.3, -0.25) is 0 Å². The molecule has 0 heterocycles. The Hall–Kier alpha value is -0.840. The molecule has 0 aliphatic heterocycles. The molecular formula is C16H18Br2N2. The van der Waals surface area contributed by atoms with Gasteiger partial charge >= 0.3 is 0 Å². The van der Waals surface area contributed by atoms with Crippen LogP contribution in [-0.2, 0) is 6.54 Å². The summed E-state index contributed by atoms with van der Waals surface area (Å²) >= 11 is 7.23. The summed E-state index contributed by atoms with van der Waals surface area (Å²) in [4.78, 5) is 2.22. The van der Waals surface area contributed by atoms with Crippen molar-refractivity contribution in [3.63, 3.8) is 0 Å². The van der Waals surface area contributed by atoms with E-state index in [9.17, 15) is 0 Å². The summed E-state index contributed by atoms with van der Waals surface area (Å²) < 4.78 is 2.21. The molecule has 0 amide bonds. The molecule has 2 aromatic carbocycles. The maximum atomic E-state index is 5.91. The minimum absolute atomic E-state index is 0.0499. The fourth-order valence-electron chi connectivity index (χ4n) is 2.08. The van der Waals surface area contributed by atoms with Crippen LogP contribution in [0.1, 0.15) is 24.1 Å². The summed E-state index contributed by atoms with van der Waals surface area (Å²) in [5.74, 6) is 0. The molecule has 0 aromatic heterocycles. The quantitative estimate of drug-likeness (QED) is 0.797. The molecule has 0 radical (unpaired) electrons. The predicted octanol–water partition coefficient (Wildman–Crippen LogP) is 4.87. The van der Waals surface area contributed by atoms with Gasteiger partial charge in [-0.05, 0) is 52.2 Å². The van der Waals surface area contributed by atoms with Crippen LogP contribution in [-0.4, -0.2) is 7.05 Å². The lowest BCUT2D eigenvalue weighted by atomic mass is 10.1. The smallest absolute Gasteiger partial charge is 0.0511 e. The van der Waals surface area contributed by atoms with E-state index in [0.717, 1.165) is 26.7 Å². The third-order valence-corrected chi connectivity index (χ3v) is 4.68. The Morgan fingerprint density at radius 1 is 1.10 bits per heavy atom. The van der Waals surface area contributed by atoms with Gasteiger partial charge in [-0.15, -0.1) is 0 Å². The standard InChI is InChI=1S/C16H18Br2N2/c1-11(19)12-7-8-16(15(18)9-12)20(2)10-13-5-3-4-6-14(13)17/h3-9,11H,10,19H2,1-2H3/t11-/m1/s1. The third kappa shape index (κ3) is 3.62. The highest BCUT2D eigenvalue weighted by atomic mass is 79.9. The molecular weight excluding hydrogens is 380 g/mol. The second kappa shape index (κ2) is 6.74. The number of hydrogen-bond donors (Lipinski definition) is 1. The van der Waals surface area contributed by atoms with E-state index in [2.05, 4.69) is 80.2 Å². The Bertz CT molecular complexity index is 597. The normalized spacial score (nSPS) is 12.2. The van der Waals surface area contributed by atoms with Crippen molar-refractivity contribution >= 4 is 37.5 Å². The SMILES string of the molecule is C[C@@H](N)c1ccc(N(C)Cc2ccccc2Br)c(Br)c1. The van der Waals surface area contributed by atoms with E-state index in [1.165, 1.54) is 5.56 Å². The van der Waals surface area contributed by atoms with Gasteiger partial charge in [-0.1, -0.05) is 40.2 Å². The van der Waals surface area contributed by atoms with Crippen LogP contribution >= 0.6 is 31.9 Å². The lowest BCUT2D eigenvalue weighted by Gasteiger charge is -2.22. The first-order chi connectivity index (χ1) is 9.49. The topological polar surface area (TPSA) is 29.3 Å². The zero-order valence-corrected chi connectivity index (χ0v) is 14.8. The molecule has 0 aliphatic rings. The first-order valence-electron chi connectivity index (χ1n) is 6.48. The molecule has 0 unspecified atom stereocenters. The molecule has 0 spiro atoms. The summed E-state index contributed by atoms with van der Waals surface area (Å²) in [5.41, 5.74) is 9.47. The summed E-state index contributed by atoms with van der Waals surface area (Å²) in [6, 6.07) is 14.6. The van der Waals surface area contributed by atoms with Crippen molar-refractivity contribution in [3.8, 4) is 0 Å². The summed E-state index contributed by atoms with van der Waals surface area (Å²) in [6.45, 7) is 2.84. The summed E-state index contributed by atoms with van der Waals surface area (Å²) in [5, 5.41) is 0. The van der Waals surface area contributed by atoms with Gasteiger partial charge in [0, 0.05) is 28.6 Å². The van der Waals surface area contributed by atoms with Crippen LogP contribution in [0.4, 0.5) is 5.69 Å². The van der Waals surface area contributed by atoms with Crippen molar-refractivity contribution in [2.45, 2.75) is 19.5 Å². The first kappa shape index (κ1) is 15.5. The van der Waals surface area contributed by atoms with Crippen LogP contribution in [0, 0.1) is 0 Å². The molecule has 2 aromatic rings. The molecule has 0 saturated carbocycles. The fraction of sp³-hybridized carbons (Fsp3) is 0.250. The van der Waals surface area contributed by atoms with Crippen LogP contribution in [0.5, 0.6) is 0 Å². The van der Waals surface area contributed by atoms with E-state index >= 15 is 0 Å². The average molecular weight is 398 g/mol. The number of halogens is 2. The van der Waals surface area contributed by atoms with Crippen LogP contribution in [0.3, 0.4) is 0 Å². The van der Waals surface area contributed by atoms with Crippen molar-refractivity contribution in [1.29, 1.82) is 0 Å². The van der Waals surface area contributed by atoms with E-state index < -0.39 is 0 Å². The Kier molecular flexibility index (Phi) is 5.24. The van der Waals surface area contributed by atoms with Crippen LogP contribution < -0.4 is 10.6 Å². The van der Waals surface area contributed by atoms with E-state index in [1.807, 2.05) is 13.0 Å². The van der Waals surface area contributed by atoms with Gasteiger partial charge in [-0.25, -0.2) is 0 Å². The molecule has 0 aliphatic carbocycles. The zero-order valence-electron chi connectivity index (χ0n) is 11.6. The fourth-order valence-corrected chi connectivity index (χ4v) is 3.19. The van der Waals surface area contributed by atoms with Crippen molar-refractivity contribution in [1.82, 2.24) is 0 Å². The molecule has 0 saturated heterocycles. The van der Waals surface area contributed by atoms with Gasteiger partial charge in [0.1, 0.15) is 0 Å². The van der Waals surface area contributed by atoms with Crippen molar-refractivity contribution in [3.05, 3.63) is 62.5 Å². The number of nitrogens with zero attached hydrogens (tertiary/aromatic N) is 1. The van der Waals surface area contributed by atoms with Gasteiger partial charge in [-0.2, -0.15) is 0 Å². The maximum absolute atomic E-state index is 5.91. The third-order valence-electron chi connectivity index (χ3n) is 3.27. The molecule has 2 N–H and O–H groups in total. The second-order valence-electron chi connectivity index (χ2n) is 4.95. The molecule has 1 atom stereocenters. The Balaban J connectivity index is 2.21. The van der Waals surface area contributed by atoms with Gasteiger partial charge in [0.15, 0.2) is 0 Å². The van der Waals surface area contributed by atoms with Gasteiger partial charge in [0.05, 0.1) is 5.69 Å². The number of anilines is 1. The average Bonchev–Trinajstić information content (AvgIpc) is 2.41. The Labute approximate surface area is 137 Å². The highest BCUT2D eigenvalue weighted by Crippen LogP contribution is 2.30. The molecule has 20 heavy (non-hydrogen) atoms. The van der Waals surface area contributed by atoms with Crippen molar-refractivity contribution in [2.24, 2.45) is 5.73 Å². The summed E-state index contributed by atoms with van der Waals surface area (Å²) in [7, 11) is 2.09. The summed E-state index contributed by atoms with van der Waals surface area (Å²) in [6.07, 6.45) is 0. The lowest BCUT2D eigenvalue weighted by Crippen LogP contribution is -2.17. The molecule has 4 heteroatoms. The minimum atomic E-state index is 0.0499. The zero-order chi connectivity index (χ0) is 14.7. The Morgan fingerprint density at radius 3 is 2.40 bits per heavy atom. The highest BCUT2D eigenvalue weighted by molar-refractivity contribution is 9.11. The molecule has 0 fully saturated rings. The molecule has 2 nitrogen and oxygen atoms in total. The van der Waals surface area contributed by atoms with Crippen LogP contribution in [0.15, 0.2) is 51.4 Å². The number of rotatable bonds is 4. The Morgan fingerprint density at radius 2 is 1.80 bits per heavy atom. The largest absolute Gasteiger partial charge is 0.369 e. The van der Waals surface area contributed by atoms with E-state index in [4.69, 9.17) is 5.73 Å². The van der Waals surface area contributed by atoms with Crippen LogP contribution in [0.2, 0.25) is 0 Å². The molecule has 0 bridgehead atoms. The van der Waals surface area contributed by atoms with Crippen molar-refractivity contribution in [2.75, 3.05) is 11.9 Å². The molecule has 2 rings (SSSR count). The lowest BCUT2D eigenvalue weighted by molar-refractivity contribution is 0.816.